The molecule has 1 aliphatic rings. The van der Waals surface area contributed by atoms with Gasteiger partial charge in [-0.15, -0.1) is 0 Å². The third-order valence-electron chi connectivity index (χ3n) is 2.58. The van der Waals surface area contributed by atoms with Gasteiger partial charge in [0, 0.05) is 29.8 Å². The van der Waals surface area contributed by atoms with E-state index in [1.807, 2.05) is 18.3 Å². The van der Waals surface area contributed by atoms with E-state index in [-0.39, 0.29) is 0 Å². The summed E-state index contributed by atoms with van der Waals surface area (Å²) in [5.41, 5.74) is 5.84. The van der Waals surface area contributed by atoms with Gasteiger partial charge in [0.1, 0.15) is 5.82 Å². The number of rotatable bonds is 1. The van der Waals surface area contributed by atoms with Gasteiger partial charge in [-0.25, -0.2) is 4.98 Å². The highest BCUT2D eigenvalue weighted by Crippen LogP contribution is 2.18. The van der Waals surface area contributed by atoms with Gasteiger partial charge >= 0.3 is 0 Å². The lowest BCUT2D eigenvalue weighted by molar-refractivity contribution is 0.498. The van der Waals surface area contributed by atoms with Crippen LogP contribution in [-0.4, -0.2) is 24.1 Å². The molecule has 0 saturated carbocycles. The minimum atomic E-state index is 0.377. The van der Waals surface area contributed by atoms with Crippen LogP contribution in [0.25, 0.3) is 0 Å². The van der Waals surface area contributed by atoms with Crippen LogP contribution < -0.4 is 10.6 Å². The predicted molar refractivity (Wildman–Crippen MR) is 61.4 cm³/mol. The summed E-state index contributed by atoms with van der Waals surface area (Å²) >= 11 is 3.38. The Bertz CT molecular complexity index is 291. The number of nitrogens with zero attached hydrogens (tertiary/aromatic N) is 2. The van der Waals surface area contributed by atoms with Gasteiger partial charge < -0.3 is 10.6 Å². The normalized spacial score (nSPS) is 18.6. The summed E-state index contributed by atoms with van der Waals surface area (Å²) in [4.78, 5) is 6.65. The zero-order valence-corrected chi connectivity index (χ0v) is 9.57. The molecule has 1 aromatic heterocycles. The molecule has 0 radical (unpaired) electrons. The molecule has 1 fully saturated rings. The monoisotopic (exact) mass is 255 g/mol. The average molecular weight is 256 g/mol. The van der Waals surface area contributed by atoms with Crippen molar-refractivity contribution in [3.05, 3.63) is 22.8 Å². The molecular formula is C10H14BrN3. The van der Waals surface area contributed by atoms with Gasteiger partial charge in [0.25, 0.3) is 0 Å². The Morgan fingerprint density at radius 3 is 2.64 bits per heavy atom. The average Bonchev–Trinajstić information content (AvgIpc) is 2.21. The fourth-order valence-electron chi connectivity index (χ4n) is 1.68. The molecule has 2 N–H and O–H groups in total. The number of halogens is 1. The Morgan fingerprint density at radius 1 is 1.36 bits per heavy atom. The third-order valence-corrected chi connectivity index (χ3v) is 3.04. The lowest BCUT2D eigenvalue weighted by Gasteiger charge is -2.30. The molecule has 0 aliphatic carbocycles. The zero-order valence-electron chi connectivity index (χ0n) is 7.99. The topological polar surface area (TPSA) is 42.1 Å². The largest absolute Gasteiger partial charge is 0.357 e. The molecule has 4 heteroatoms. The molecule has 1 saturated heterocycles. The van der Waals surface area contributed by atoms with Crippen molar-refractivity contribution in [3.8, 4) is 0 Å². The Morgan fingerprint density at radius 2 is 2.07 bits per heavy atom. The number of aromatic nitrogens is 1. The SMILES string of the molecule is NC1CCN(c2ccc(Br)cn2)CC1. The molecule has 0 amide bonds. The van der Waals surface area contributed by atoms with Crippen molar-refractivity contribution in [1.29, 1.82) is 0 Å². The molecule has 0 bridgehead atoms. The first-order chi connectivity index (χ1) is 6.75. The highest BCUT2D eigenvalue weighted by molar-refractivity contribution is 9.10. The van der Waals surface area contributed by atoms with Gasteiger partial charge in [0.2, 0.25) is 0 Å². The van der Waals surface area contributed by atoms with Gasteiger partial charge in [-0.2, -0.15) is 0 Å². The van der Waals surface area contributed by atoms with E-state index in [0.29, 0.717) is 6.04 Å². The van der Waals surface area contributed by atoms with Gasteiger partial charge in [-0.05, 0) is 40.9 Å². The van der Waals surface area contributed by atoms with Crippen LogP contribution in [0.1, 0.15) is 12.8 Å². The molecule has 1 aromatic rings. The van der Waals surface area contributed by atoms with Crippen molar-refractivity contribution in [1.82, 2.24) is 4.98 Å². The van der Waals surface area contributed by atoms with Crippen molar-refractivity contribution < 1.29 is 0 Å². The van der Waals surface area contributed by atoms with Crippen molar-refractivity contribution >= 4 is 21.7 Å². The Labute approximate surface area is 92.4 Å². The second-order valence-electron chi connectivity index (χ2n) is 3.66. The molecular weight excluding hydrogens is 242 g/mol. The highest BCUT2D eigenvalue weighted by Gasteiger charge is 2.16. The number of pyridine rings is 1. The minimum absolute atomic E-state index is 0.377. The maximum atomic E-state index is 5.84. The molecule has 0 aromatic carbocycles. The number of piperidine rings is 1. The Balaban J connectivity index is 2.05. The summed E-state index contributed by atoms with van der Waals surface area (Å²) in [7, 11) is 0. The van der Waals surface area contributed by atoms with Crippen LogP contribution in [0.3, 0.4) is 0 Å². The summed E-state index contributed by atoms with van der Waals surface area (Å²) in [6, 6.07) is 4.44. The van der Waals surface area contributed by atoms with Crippen LogP contribution in [0.15, 0.2) is 22.8 Å². The quantitative estimate of drug-likeness (QED) is 0.832. The van der Waals surface area contributed by atoms with Gasteiger partial charge in [0.05, 0.1) is 0 Å². The lowest BCUT2D eigenvalue weighted by Crippen LogP contribution is -2.40. The van der Waals surface area contributed by atoms with E-state index in [2.05, 4.69) is 25.8 Å². The van der Waals surface area contributed by atoms with Crippen LogP contribution in [-0.2, 0) is 0 Å². The van der Waals surface area contributed by atoms with Crippen LogP contribution >= 0.6 is 15.9 Å². The maximum Gasteiger partial charge on any atom is 0.128 e. The molecule has 2 rings (SSSR count). The lowest BCUT2D eigenvalue weighted by atomic mass is 10.1. The van der Waals surface area contributed by atoms with Crippen molar-refractivity contribution in [3.63, 3.8) is 0 Å². The van der Waals surface area contributed by atoms with E-state index >= 15 is 0 Å². The Hall–Kier alpha value is -0.610. The van der Waals surface area contributed by atoms with E-state index in [1.165, 1.54) is 0 Å². The molecule has 0 spiro atoms. The maximum absolute atomic E-state index is 5.84. The summed E-state index contributed by atoms with van der Waals surface area (Å²) in [5, 5.41) is 0. The molecule has 2 heterocycles. The smallest absolute Gasteiger partial charge is 0.128 e. The van der Waals surface area contributed by atoms with Crippen LogP contribution in [0.2, 0.25) is 0 Å². The van der Waals surface area contributed by atoms with Crippen LogP contribution in [0.4, 0.5) is 5.82 Å². The number of anilines is 1. The summed E-state index contributed by atoms with van der Waals surface area (Å²) < 4.78 is 1.02. The summed E-state index contributed by atoms with van der Waals surface area (Å²) in [6.07, 6.45) is 3.97. The van der Waals surface area contributed by atoms with E-state index in [1.54, 1.807) is 0 Å². The van der Waals surface area contributed by atoms with Crippen LogP contribution in [0.5, 0.6) is 0 Å². The second-order valence-corrected chi connectivity index (χ2v) is 4.57. The highest BCUT2D eigenvalue weighted by atomic mass is 79.9. The van der Waals surface area contributed by atoms with Crippen molar-refractivity contribution in [2.24, 2.45) is 5.73 Å². The molecule has 14 heavy (non-hydrogen) atoms. The number of hydrogen-bond acceptors (Lipinski definition) is 3. The second kappa shape index (κ2) is 4.28. The fourth-order valence-corrected chi connectivity index (χ4v) is 1.92. The van der Waals surface area contributed by atoms with Gasteiger partial charge in [0.15, 0.2) is 0 Å². The van der Waals surface area contributed by atoms with E-state index in [9.17, 15) is 0 Å². The molecule has 0 unspecified atom stereocenters. The predicted octanol–water partition coefficient (Wildman–Crippen LogP) is 1.77. The summed E-state index contributed by atoms with van der Waals surface area (Å²) in [6.45, 7) is 2.05. The van der Waals surface area contributed by atoms with Crippen LogP contribution in [0, 0.1) is 0 Å². The molecule has 1 aliphatic heterocycles. The third kappa shape index (κ3) is 2.25. The van der Waals surface area contributed by atoms with Crippen molar-refractivity contribution in [2.45, 2.75) is 18.9 Å². The van der Waals surface area contributed by atoms with E-state index in [4.69, 9.17) is 5.73 Å². The molecule has 76 valence electrons. The standard InChI is InChI=1S/C10H14BrN3/c11-8-1-2-10(13-7-8)14-5-3-9(12)4-6-14/h1-2,7,9H,3-6,12H2. The first-order valence-corrected chi connectivity index (χ1v) is 5.67. The summed E-state index contributed by atoms with van der Waals surface area (Å²) in [5.74, 6) is 1.06. The fraction of sp³-hybridized carbons (Fsp3) is 0.500. The number of hydrogen-bond donors (Lipinski definition) is 1. The van der Waals surface area contributed by atoms with Crippen molar-refractivity contribution in [2.75, 3.05) is 18.0 Å². The minimum Gasteiger partial charge on any atom is -0.357 e. The van der Waals surface area contributed by atoms with E-state index < -0.39 is 0 Å². The first-order valence-electron chi connectivity index (χ1n) is 4.88. The molecule has 0 atom stereocenters. The van der Waals surface area contributed by atoms with Gasteiger partial charge in [-0.1, -0.05) is 0 Å². The Kier molecular flexibility index (Phi) is 3.03. The molecule has 3 nitrogen and oxygen atoms in total. The number of nitrogens with two attached hydrogens (primary N) is 1. The van der Waals surface area contributed by atoms with E-state index in [0.717, 1.165) is 36.2 Å². The first kappa shape index (κ1) is 9.93. The zero-order chi connectivity index (χ0) is 9.97. The van der Waals surface area contributed by atoms with Gasteiger partial charge in [-0.3, -0.25) is 0 Å².